The Hall–Kier alpha value is -5.97. The van der Waals surface area contributed by atoms with Crippen LogP contribution < -0.4 is 20.3 Å². The number of hydrogen-bond donors (Lipinski definition) is 2. The van der Waals surface area contributed by atoms with Gasteiger partial charge in [-0.05, 0) is 69.0 Å². The maximum atomic E-state index is 16.1. The van der Waals surface area contributed by atoms with E-state index in [0.29, 0.717) is 60.7 Å². The van der Waals surface area contributed by atoms with Crippen LogP contribution in [0.2, 0.25) is 0 Å². The number of piperidine rings is 2. The monoisotopic (exact) mass is 781 g/mol. The minimum absolute atomic E-state index is 0.0130. The van der Waals surface area contributed by atoms with E-state index in [-0.39, 0.29) is 73.9 Å². The molecule has 296 valence electrons. The third-order valence-electron chi connectivity index (χ3n) is 11.6. The van der Waals surface area contributed by atoms with Crippen molar-refractivity contribution in [3.63, 3.8) is 0 Å². The van der Waals surface area contributed by atoms with E-state index in [2.05, 4.69) is 25.6 Å². The normalized spacial score (nSPS) is 20.9. The first kappa shape index (κ1) is 36.7. The fourth-order valence-corrected chi connectivity index (χ4v) is 8.82. The van der Waals surface area contributed by atoms with Gasteiger partial charge in [0.25, 0.3) is 17.7 Å². The minimum atomic E-state index is -1.57. The summed E-state index contributed by atoms with van der Waals surface area (Å²) in [7, 11) is 0. The van der Waals surface area contributed by atoms with Gasteiger partial charge in [0.05, 0.1) is 43.3 Å². The van der Waals surface area contributed by atoms with E-state index in [1.807, 2.05) is 18.7 Å². The number of anilines is 2. The van der Waals surface area contributed by atoms with Gasteiger partial charge >= 0.3 is 0 Å². The van der Waals surface area contributed by atoms with Crippen LogP contribution in [-0.4, -0.2) is 115 Å². The van der Waals surface area contributed by atoms with Crippen LogP contribution in [0.1, 0.15) is 81.7 Å². The molecule has 2 aromatic heterocycles. The summed E-state index contributed by atoms with van der Waals surface area (Å²) in [4.78, 5) is 75.4. The second kappa shape index (κ2) is 13.9. The van der Waals surface area contributed by atoms with E-state index >= 15 is 8.78 Å². The molecule has 0 aliphatic carbocycles. The molecular formula is C40H41F2N9O6. The van der Waals surface area contributed by atoms with Crippen LogP contribution in [0.4, 0.5) is 20.2 Å². The molecular weight excluding hydrogens is 740 g/mol. The molecule has 15 nitrogen and oxygen atoms in total. The predicted molar refractivity (Wildman–Crippen MR) is 201 cm³/mol. The van der Waals surface area contributed by atoms with E-state index in [1.165, 1.54) is 27.7 Å². The quantitative estimate of drug-likeness (QED) is 0.241. The summed E-state index contributed by atoms with van der Waals surface area (Å²) in [6.07, 6.45) is 6.11. The largest absolute Gasteiger partial charge is 0.489 e. The molecule has 0 saturated carbocycles. The zero-order valence-corrected chi connectivity index (χ0v) is 31.5. The van der Waals surface area contributed by atoms with E-state index in [0.717, 1.165) is 5.56 Å². The number of amides is 5. The van der Waals surface area contributed by atoms with Gasteiger partial charge in [0.2, 0.25) is 11.8 Å². The van der Waals surface area contributed by atoms with E-state index in [1.54, 1.807) is 35.5 Å². The molecule has 3 fully saturated rings. The van der Waals surface area contributed by atoms with Crippen LogP contribution in [0.3, 0.4) is 0 Å². The van der Waals surface area contributed by atoms with Crippen molar-refractivity contribution in [1.82, 2.24) is 34.6 Å². The van der Waals surface area contributed by atoms with Crippen molar-refractivity contribution in [2.75, 3.05) is 42.9 Å². The zero-order valence-electron chi connectivity index (χ0n) is 31.5. The van der Waals surface area contributed by atoms with E-state index in [4.69, 9.17) is 4.74 Å². The number of nitrogens with one attached hydrogen (secondary N) is 2. The fourth-order valence-electron chi connectivity index (χ4n) is 8.82. The maximum Gasteiger partial charge on any atom is 0.261 e. The standard InChI is InChI=1S/C40H41F2N9O6/c1-22(2)57-32-15-26-23(14-29(32)45-36(53)27-16-44-51-11-3-10-43-35(27)51)17-49(39(26)56)24-8-12-47(13-9-24)19-40(42)20-48(21-40)30-5-4-25-28(34(30)41)18-50(38(25)55)31-6-7-33(52)46-37(31)54/h3-5,10-11,14-16,22,24,31H,6-9,12-13,17-21H2,1-2H3,(H,45,53)(H,46,52,54). The summed E-state index contributed by atoms with van der Waals surface area (Å²) in [5.41, 5.74) is 1.43. The summed E-state index contributed by atoms with van der Waals surface area (Å²) in [5, 5.41) is 9.40. The van der Waals surface area contributed by atoms with Crippen molar-refractivity contribution in [3.8, 4) is 5.75 Å². The summed E-state index contributed by atoms with van der Waals surface area (Å²) in [6.45, 7) is 5.31. The van der Waals surface area contributed by atoms with Gasteiger partial charge in [-0.1, -0.05) is 0 Å². The van der Waals surface area contributed by atoms with Gasteiger partial charge in [-0.3, -0.25) is 34.2 Å². The van der Waals surface area contributed by atoms with Crippen LogP contribution in [0, 0.1) is 5.82 Å². The van der Waals surface area contributed by atoms with Gasteiger partial charge in [-0.2, -0.15) is 5.10 Å². The Labute approximate surface area is 325 Å². The number of rotatable bonds is 9. The van der Waals surface area contributed by atoms with Crippen LogP contribution in [0.5, 0.6) is 5.75 Å². The highest BCUT2D eigenvalue weighted by molar-refractivity contribution is 6.09. The lowest BCUT2D eigenvalue weighted by Crippen LogP contribution is -2.64. The molecule has 4 aromatic rings. The van der Waals surface area contributed by atoms with Gasteiger partial charge in [-0.25, -0.2) is 18.3 Å². The predicted octanol–water partition coefficient (Wildman–Crippen LogP) is 3.32. The van der Waals surface area contributed by atoms with Crippen molar-refractivity contribution in [3.05, 3.63) is 82.6 Å². The SMILES string of the molecule is CC(C)Oc1cc2c(cc1NC(=O)c1cnn3cccnc13)CN(C1CCN(CC3(F)CN(c4ccc5c(c4F)CN(C4CCC(=O)NC4=O)C5=O)C3)CC1)C2=O. The average molecular weight is 782 g/mol. The molecule has 1 unspecified atom stereocenters. The van der Waals surface area contributed by atoms with Gasteiger partial charge in [-0.15, -0.1) is 0 Å². The van der Waals surface area contributed by atoms with Gasteiger partial charge in [0.1, 0.15) is 17.4 Å². The van der Waals surface area contributed by atoms with Gasteiger partial charge < -0.3 is 24.8 Å². The lowest BCUT2D eigenvalue weighted by atomic mass is 9.92. The highest BCUT2D eigenvalue weighted by atomic mass is 19.1. The molecule has 2 aromatic carbocycles. The first-order valence-corrected chi connectivity index (χ1v) is 19.2. The van der Waals surface area contributed by atoms with Crippen LogP contribution in [0.15, 0.2) is 48.9 Å². The van der Waals surface area contributed by atoms with Gasteiger partial charge in [0, 0.05) is 67.7 Å². The smallest absolute Gasteiger partial charge is 0.261 e. The van der Waals surface area contributed by atoms with Crippen LogP contribution >= 0.6 is 0 Å². The number of aromatic nitrogens is 3. The number of nitrogens with zero attached hydrogens (tertiary/aromatic N) is 7. The number of carbonyl (C=O) groups excluding carboxylic acids is 5. The average Bonchev–Trinajstić information content (AvgIpc) is 3.85. The second-order valence-electron chi connectivity index (χ2n) is 15.8. The molecule has 0 spiro atoms. The Bertz CT molecular complexity index is 2350. The first-order valence-electron chi connectivity index (χ1n) is 19.2. The van der Waals surface area contributed by atoms with Crippen LogP contribution in [0.25, 0.3) is 5.65 Å². The lowest BCUT2D eigenvalue weighted by molar-refractivity contribution is -0.136. The summed E-state index contributed by atoms with van der Waals surface area (Å²) < 4.78 is 39.5. The molecule has 3 saturated heterocycles. The fraction of sp³-hybridized carbons (Fsp3) is 0.425. The second-order valence-corrected chi connectivity index (χ2v) is 15.8. The molecule has 9 rings (SSSR count). The number of imide groups is 1. The Morgan fingerprint density at radius 1 is 1.04 bits per heavy atom. The number of alkyl halides is 1. The minimum Gasteiger partial charge on any atom is -0.489 e. The topological polar surface area (TPSA) is 162 Å². The van der Waals surface area contributed by atoms with E-state index in [9.17, 15) is 24.0 Å². The van der Waals surface area contributed by atoms with Gasteiger partial charge in [0.15, 0.2) is 17.1 Å². The van der Waals surface area contributed by atoms with Crippen molar-refractivity contribution < 1.29 is 37.5 Å². The molecule has 5 amide bonds. The van der Waals surface area contributed by atoms with Crippen molar-refractivity contribution in [2.45, 2.75) is 76.5 Å². The molecule has 5 aliphatic rings. The zero-order chi connectivity index (χ0) is 39.7. The number of hydrogen-bond acceptors (Lipinski definition) is 10. The van der Waals surface area contributed by atoms with E-state index < -0.39 is 41.2 Å². The highest BCUT2D eigenvalue weighted by Crippen LogP contribution is 2.40. The number of likely N-dealkylation sites (tertiary alicyclic amines) is 1. The molecule has 5 aliphatic heterocycles. The number of ether oxygens (including phenoxy) is 1. The Balaban J connectivity index is 0.810. The number of carbonyl (C=O) groups is 5. The van der Waals surface area contributed by atoms with Crippen molar-refractivity contribution in [1.29, 1.82) is 0 Å². The Morgan fingerprint density at radius 3 is 2.56 bits per heavy atom. The molecule has 17 heteroatoms. The number of fused-ring (bicyclic) bond motifs is 3. The van der Waals surface area contributed by atoms with Crippen LogP contribution in [-0.2, 0) is 22.7 Å². The van der Waals surface area contributed by atoms with Crippen molar-refractivity contribution in [2.24, 2.45) is 0 Å². The summed E-state index contributed by atoms with van der Waals surface area (Å²) >= 11 is 0. The summed E-state index contributed by atoms with van der Waals surface area (Å²) in [6, 6.07) is 7.31. The molecule has 0 radical (unpaired) electrons. The third kappa shape index (κ3) is 6.52. The molecule has 2 N–H and O–H groups in total. The van der Waals surface area contributed by atoms with Crippen molar-refractivity contribution >= 4 is 46.6 Å². The highest BCUT2D eigenvalue weighted by Gasteiger charge is 2.48. The number of benzene rings is 2. The first-order chi connectivity index (χ1) is 27.4. The molecule has 1 atom stereocenters. The molecule has 0 bridgehead atoms. The molecule has 57 heavy (non-hydrogen) atoms. The Morgan fingerprint density at radius 2 is 1.81 bits per heavy atom. The maximum absolute atomic E-state index is 16.1. The number of halogens is 2. The Kier molecular flexibility index (Phi) is 8.94. The molecule has 7 heterocycles. The lowest BCUT2D eigenvalue weighted by Gasteiger charge is -2.49. The summed E-state index contributed by atoms with van der Waals surface area (Å²) in [5.74, 6) is -2.17. The third-order valence-corrected chi connectivity index (χ3v) is 11.6.